The van der Waals surface area contributed by atoms with Crippen molar-refractivity contribution in [3.8, 4) is 0 Å². The molecule has 0 aromatic rings. The lowest BCUT2D eigenvalue weighted by molar-refractivity contribution is -0.167. The predicted molar refractivity (Wildman–Crippen MR) is 293 cm³/mol. The third kappa shape index (κ3) is 55.3. The van der Waals surface area contributed by atoms with Crippen molar-refractivity contribution in [2.75, 3.05) is 13.2 Å². The molecule has 68 heavy (non-hydrogen) atoms. The van der Waals surface area contributed by atoms with Crippen LogP contribution in [0, 0.1) is 5.92 Å². The summed E-state index contributed by atoms with van der Waals surface area (Å²) in [5, 5.41) is 0. The minimum absolute atomic E-state index is 0.0614. The Bertz CT molecular complexity index is 1030. The highest BCUT2D eigenvalue weighted by atomic mass is 16.6. The summed E-state index contributed by atoms with van der Waals surface area (Å²) in [4.78, 5) is 38.2. The summed E-state index contributed by atoms with van der Waals surface area (Å²) >= 11 is 0. The van der Waals surface area contributed by atoms with Crippen LogP contribution in [0.2, 0.25) is 0 Å². The minimum Gasteiger partial charge on any atom is -0.462 e. The van der Waals surface area contributed by atoms with Crippen LogP contribution in [-0.2, 0) is 28.6 Å². The average molecular weight is 962 g/mol. The maximum Gasteiger partial charge on any atom is 0.306 e. The maximum atomic E-state index is 12.9. The molecule has 0 aliphatic heterocycles. The second-order valence-electron chi connectivity index (χ2n) is 21.8. The first-order chi connectivity index (χ1) is 33.4. The molecule has 0 N–H and O–H groups in total. The second-order valence-corrected chi connectivity index (χ2v) is 21.8. The van der Waals surface area contributed by atoms with E-state index in [-0.39, 0.29) is 31.1 Å². The Balaban J connectivity index is 4.27. The lowest BCUT2D eigenvalue weighted by Crippen LogP contribution is -2.30. The molecule has 404 valence electrons. The fourth-order valence-corrected chi connectivity index (χ4v) is 9.63. The van der Waals surface area contributed by atoms with Crippen LogP contribution >= 0.6 is 0 Å². The number of hydrogen-bond donors (Lipinski definition) is 0. The molecule has 6 nitrogen and oxygen atoms in total. The number of hydrogen-bond acceptors (Lipinski definition) is 6. The molecule has 0 unspecified atom stereocenters. The van der Waals surface area contributed by atoms with Gasteiger partial charge in [0.15, 0.2) is 6.10 Å². The van der Waals surface area contributed by atoms with Crippen molar-refractivity contribution in [3.05, 3.63) is 0 Å². The summed E-state index contributed by atoms with van der Waals surface area (Å²) in [7, 11) is 0. The molecule has 0 heterocycles. The van der Waals surface area contributed by atoms with Crippen LogP contribution < -0.4 is 0 Å². The van der Waals surface area contributed by atoms with Gasteiger partial charge in [0.25, 0.3) is 0 Å². The zero-order chi connectivity index (χ0) is 49.5. The van der Waals surface area contributed by atoms with E-state index in [0.717, 1.165) is 63.7 Å². The van der Waals surface area contributed by atoms with E-state index < -0.39 is 6.10 Å². The Morgan fingerprint density at radius 1 is 0.279 bits per heavy atom. The van der Waals surface area contributed by atoms with Crippen LogP contribution in [0.25, 0.3) is 0 Å². The van der Waals surface area contributed by atoms with Crippen LogP contribution in [-0.4, -0.2) is 37.2 Å². The predicted octanol–water partition coefficient (Wildman–Crippen LogP) is 20.6. The summed E-state index contributed by atoms with van der Waals surface area (Å²) in [5.41, 5.74) is 0. The molecule has 1 atom stereocenters. The molecule has 0 aliphatic rings. The molecule has 0 rings (SSSR count). The first-order valence-corrected chi connectivity index (χ1v) is 30.9. The molecule has 0 bridgehead atoms. The van der Waals surface area contributed by atoms with Crippen molar-refractivity contribution in [1.82, 2.24) is 0 Å². The summed E-state index contributed by atoms with van der Waals surface area (Å²) in [6.45, 7) is 9.08. The van der Waals surface area contributed by atoms with Crippen molar-refractivity contribution < 1.29 is 28.6 Å². The van der Waals surface area contributed by atoms with Gasteiger partial charge >= 0.3 is 17.9 Å². The quantitative estimate of drug-likeness (QED) is 0.0343. The van der Waals surface area contributed by atoms with Crippen molar-refractivity contribution in [1.29, 1.82) is 0 Å². The van der Waals surface area contributed by atoms with Gasteiger partial charge in [0.05, 0.1) is 0 Å². The van der Waals surface area contributed by atoms with Crippen molar-refractivity contribution in [3.63, 3.8) is 0 Å². The van der Waals surface area contributed by atoms with Gasteiger partial charge < -0.3 is 14.2 Å². The third-order valence-corrected chi connectivity index (χ3v) is 14.3. The Kier molecular flexibility index (Phi) is 55.0. The molecule has 0 spiro atoms. The first kappa shape index (κ1) is 66.4. The van der Waals surface area contributed by atoms with Crippen LogP contribution in [0.4, 0.5) is 0 Å². The van der Waals surface area contributed by atoms with Crippen LogP contribution in [0.3, 0.4) is 0 Å². The Labute approximate surface area is 425 Å². The summed E-state index contributed by atoms with van der Waals surface area (Å²) in [5.74, 6) is 0.0188. The molecule has 0 saturated heterocycles. The van der Waals surface area contributed by atoms with Crippen LogP contribution in [0.5, 0.6) is 0 Å². The summed E-state index contributed by atoms with van der Waals surface area (Å²) in [6, 6.07) is 0. The van der Waals surface area contributed by atoms with Crippen LogP contribution in [0.15, 0.2) is 0 Å². The summed E-state index contributed by atoms with van der Waals surface area (Å²) in [6.07, 6.45) is 62.4. The molecule has 0 fully saturated rings. The molecule has 0 aliphatic carbocycles. The van der Waals surface area contributed by atoms with Crippen molar-refractivity contribution in [2.45, 2.75) is 361 Å². The molecule has 0 saturated carbocycles. The number of unbranched alkanes of at least 4 members (excludes halogenated alkanes) is 44. The largest absolute Gasteiger partial charge is 0.462 e. The average Bonchev–Trinajstić information content (AvgIpc) is 3.32. The SMILES string of the molecule is CCCCCCCCCCCCCCCCCCCCCC(=O)O[C@H](COC(=O)CCCCCCCCCCCCCCC)COC(=O)CCCCCCCCCCCCCCCCCC(C)C. The Morgan fingerprint density at radius 3 is 0.721 bits per heavy atom. The summed E-state index contributed by atoms with van der Waals surface area (Å²) < 4.78 is 16.9. The number of carbonyl (C=O) groups is 3. The van der Waals surface area contributed by atoms with E-state index in [9.17, 15) is 14.4 Å². The highest BCUT2D eigenvalue weighted by Crippen LogP contribution is 2.18. The molecular weight excluding hydrogens is 841 g/mol. The third-order valence-electron chi connectivity index (χ3n) is 14.3. The lowest BCUT2D eigenvalue weighted by Gasteiger charge is -2.18. The van der Waals surface area contributed by atoms with E-state index in [1.54, 1.807) is 0 Å². The fourth-order valence-electron chi connectivity index (χ4n) is 9.63. The van der Waals surface area contributed by atoms with E-state index in [1.807, 2.05) is 0 Å². The van der Waals surface area contributed by atoms with Crippen molar-refractivity contribution >= 4 is 17.9 Å². The number of esters is 3. The van der Waals surface area contributed by atoms with Gasteiger partial charge in [-0.05, 0) is 25.2 Å². The van der Waals surface area contributed by atoms with E-state index in [4.69, 9.17) is 14.2 Å². The number of rotatable bonds is 57. The van der Waals surface area contributed by atoms with E-state index in [2.05, 4.69) is 27.7 Å². The van der Waals surface area contributed by atoms with Gasteiger partial charge in [-0.25, -0.2) is 0 Å². The smallest absolute Gasteiger partial charge is 0.306 e. The van der Waals surface area contributed by atoms with E-state index in [1.165, 1.54) is 250 Å². The minimum atomic E-state index is -0.762. The first-order valence-electron chi connectivity index (χ1n) is 30.9. The molecule has 0 amide bonds. The molecule has 6 heteroatoms. The molecular formula is C62H120O6. The fraction of sp³-hybridized carbons (Fsp3) is 0.952. The van der Waals surface area contributed by atoms with Gasteiger partial charge in [-0.1, -0.05) is 317 Å². The van der Waals surface area contributed by atoms with Gasteiger partial charge in [-0.2, -0.15) is 0 Å². The molecule has 0 radical (unpaired) electrons. The second kappa shape index (κ2) is 56.3. The normalized spacial score (nSPS) is 12.0. The number of ether oxygens (including phenoxy) is 3. The van der Waals surface area contributed by atoms with Gasteiger partial charge in [0, 0.05) is 19.3 Å². The highest BCUT2D eigenvalue weighted by Gasteiger charge is 2.19. The Hall–Kier alpha value is -1.59. The van der Waals surface area contributed by atoms with E-state index in [0.29, 0.717) is 19.3 Å². The van der Waals surface area contributed by atoms with E-state index >= 15 is 0 Å². The molecule has 0 aromatic carbocycles. The van der Waals surface area contributed by atoms with Gasteiger partial charge in [-0.15, -0.1) is 0 Å². The van der Waals surface area contributed by atoms with Crippen LogP contribution in [0.1, 0.15) is 355 Å². The topological polar surface area (TPSA) is 78.9 Å². The van der Waals surface area contributed by atoms with Gasteiger partial charge in [0.1, 0.15) is 13.2 Å². The Morgan fingerprint density at radius 2 is 0.485 bits per heavy atom. The molecule has 0 aromatic heterocycles. The monoisotopic (exact) mass is 961 g/mol. The number of carbonyl (C=O) groups excluding carboxylic acids is 3. The van der Waals surface area contributed by atoms with Crippen molar-refractivity contribution in [2.24, 2.45) is 5.92 Å². The zero-order valence-electron chi connectivity index (χ0n) is 46.6. The highest BCUT2D eigenvalue weighted by molar-refractivity contribution is 5.71. The van der Waals surface area contributed by atoms with Gasteiger partial charge in [-0.3, -0.25) is 14.4 Å². The lowest BCUT2D eigenvalue weighted by atomic mass is 10.0. The zero-order valence-corrected chi connectivity index (χ0v) is 46.6. The van der Waals surface area contributed by atoms with Gasteiger partial charge in [0.2, 0.25) is 0 Å². The standard InChI is InChI=1S/C62H120O6/c1-5-7-9-11-13-15-17-19-20-21-22-23-26-31-35-39-43-47-51-55-62(65)68-59(56-66-60(63)53-49-45-41-37-33-28-18-16-14-12-10-8-6-2)57-67-61(64)54-50-46-42-38-34-30-27-24-25-29-32-36-40-44-48-52-58(3)4/h58-59H,5-57H2,1-4H3/t59-/m1/s1. The maximum absolute atomic E-state index is 12.9.